The third kappa shape index (κ3) is 2.72. The lowest BCUT2D eigenvalue weighted by atomic mass is 10.1. The van der Waals surface area contributed by atoms with Crippen LogP contribution in [0.3, 0.4) is 0 Å². The SMILES string of the molecule is CC(C)Oc1cc(-n2c(O)c3n(c2=O)CCCC3)c(F)cc1Cl. The molecule has 2 heterocycles. The van der Waals surface area contributed by atoms with Crippen LogP contribution >= 0.6 is 11.6 Å². The molecule has 0 aliphatic carbocycles. The molecule has 0 fully saturated rings. The molecule has 7 heteroatoms. The Labute approximate surface area is 137 Å². The average molecular weight is 341 g/mol. The van der Waals surface area contributed by atoms with Crippen molar-refractivity contribution in [1.29, 1.82) is 0 Å². The van der Waals surface area contributed by atoms with E-state index in [1.165, 1.54) is 10.6 Å². The molecule has 23 heavy (non-hydrogen) atoms. The highest BCUT2D eigenvalue weighted by Gasteiger charge is 2.25. The number of halogens is 2. The first-order valence-electron chi connectivity index (χ1n) is 7.59. The second kappa shape index (κ2) is 5.92. The van der Waals surface area contributed by atoms with E-state index in [0.29, 0.717) is 18.7 Å². The van der Waals surface area contributed by atoms with Crippen LogP contribution in [-0.2, 0) is 13.0 Å². The van der Waals surface area contributed by atoms with Gasteiger partial charge in [-0.2, -0.15) is 0 Å². The maximum absolute atomic E-state index is 14.4. The molecule has 3 rings (SSSR count). The molecule has 0 bridgehead atoms. The van der Waals surface area contributed by atoms with Crippen LogP contribution in [0.2, 0.25) is 5.02 Å². The summed E-state index contributed by atoms with van der Waals surface area (Å²) in [5.74, 6) is -0.633. The largest absolute Gasteiger partial charge is 0.493 e. The third-order valence-electron chi connectivity index (χ3n) is 3.87. The number of rotatable bonds is 3. The molecule has 0 atom stereocenters. The molecule has 5 nitrogen and oxygen atoms in total. The van der Waals surface area contributed by atoms with Gasteiger partial charge in [0.15, 0.2) is 0 Å². The van der Waals surface area contributed by atoms with Crippen molar-refractivity contribution in [2.45, 2.75) is 45.8 Å². The van der Waals surface area contributed by atoms with Crippen LogP contribution in [0.15, 0.2) is 16.9 Å². The summed E-state index contributed by atoms with van der Waals surface area (Å²) in [7, 11) is 0. The van der Waals surface area contributed by atoms with E-state index in [-0.39, 0.29) is 28.4 Å². The third-order valence-corrected chi connectivity index (χ3v) is 4.16. The maximum Gasteiger partial charge on any atom is 0.336 e. The lowest BCUT2D eigenvalue weighted by Gasteiger charge is -2.14. The first-order valence-corrected chi connectivity index (χ1v) is 7.97. The van der Waals surface area contributed by atoms with E-state index in [1.54, 1.807) is 0 Å². The fraction of sp³-hybridized carbons (Fsp3) is 0.438. The van der Waals surface area contributed by atoms with Crippen molar-refractivity contribution in [2.75, 3.05) is 0 Å². The Morgan fingerprint density at radius 2 is 2.09 bits per heavy atom. The second-order valence-corrected chi connectivity index (χ2v) is 6.30. The van der Waals surface area contributed by atoms with Crippen molar-refractivity contribution in [3.05, 3.63) is 39.2 Å². The number of ether oxygens (including phenoxy) is 1. The van der Waals surface area contributed by atoms with Crippen molar-refractivity contribution in [2.24, 2.45) is 0 Å². The molecule has 1 aromatic carbocycles. The number of imidazole rings is 1. The quantitative estimate of drug-likeness (QED) is 0.933. The first-order chi connectivity index (χ1) is 10.9. The highest BCUT2D eigenvalue weighted by atomic mass is 35.5. The number of nitrogens with zero attached hydrogens (tertiary/aromatic N) is 2. The van der Waals surface area contributed by atoms with Crippen LogP contribution in [0.1, 0.15) is 32.4 Å². The van der Waals surface area contributed by atoms with Gasteiger partial charge in [-0.15, -0.1) is 0 Å². The molecule has 124 valence electrons. The molecule has 0 radical (unpaired) electrons. The molecule has 1 N–H and O–H groups in total. The van der Waals surface area contributed by atoms with Crippen LogP contribution in [0, 0.1) is 5.82 Å². The number of benzene rings is 1. The zero-order valence-electron chi connectivity index (χ0n) is 13.0. The van der Waals surface area contributed by atoms with E-state index < -0.39 is 11.5 Å². The number of hydrogen-bond donors (Lipinski definition) is 1. The van der Waals surface area contributed by atoms with E-state index in [4.69, 9.17) is 16.3 Å². The van der Waals surface area contributed by atoms with E-state index in [0.717, 1.165) is 23.5 Å². The fourth-order valence-electron chi connectivity index (χ4n) is 2.87. The zero-order chi connectivity index (χ0) is 16.7. The van der Waals surface area contributed by atoms with Gasteiger partial charge in [0.2, 0.25) is 5.88 Å². The smallest absolute Gasteiger partial charge is 0.336 e. The molecule has 0 saturated heterocycles. The van der Waals surface area contributed by atoms with Gasteiger partial charge in [-0.3, -0.25) is 4.57 Å². The van der Waals surface area contributed by atoms with Gasteiger partial charge in [0.1, 0.15) is 11.6 Å². The molecule has 0 unspecified atom stereocenters. The Bertz CT molecular complexity index is 811. The molecule has 0 spiro atoms. The minimum atomic E-state index is -0.688. The van der Waals surface area contributed by atoms with E-state index >= 15 is 0 Å². The number of hydrogen-bond acceptors (Lipinski definition) is 3. The number of aromatic nitrogens is 2. The molecular formula is C16H18ClFN2O3. The molecular weight excluding hydrogens is 323 g/mol. The summed E-state index contributed by atoms with van der Waals surface area (Å²) >= 11 is 5.99. The molecule has 0 amide bonds. The van der Waals surface area contributed by atoms with Crippen LogP contribution < -0.4 is 10.4 Å². The van der Waals surface area contributed by atoms with Crippen molar-refractivity contribution in [3.8, 4) is 17.3 Å². The predicted octanol–water partition coefficient (Wildman–Crippen LogP) is 3.26. The number of fused-ring (bicyclic) bond motifs is 1. The average Bonchev–Trinajstić information content (AvgIpc) is 2.74. The fourth-order valence-corrected chi connectivity index (χ4v) is 3.06. The van der Waals surface area contributed by atoms with Gasteiger partial charge in [0.05, 0.1) is 22.5 Å². The molecule has 1 aliphatic heterocycles. The zero-order valence-corrected chi connectivity index (χ0v) is 13.7. The standard InChI is InChI=1S/C16H18ClFN2O3/c1-9(2)23-14-8-13(11(18)7-10(14)17)20-15(21)12-5-3-4-6-19(12)16(20)22/h7-9,21H,3-6H2,1-2H3. The topological polar surface area (TPSA) is 56.4 Å². The van der Waals surface area contributed by atoms with Crippen LogP contribution in [0.4, 0.5) is 4.39 Å². The van der Waals surface area contributed by atoms with Gasteiger partial charge in [-0.1, -0.05) is 11.6 Å². The highest BCUT2D eigenvalue weighted by Crippen LogP contribution is 2.33. The number of aromatic hydroxyl groups is 1. The Morgan fingerprint density at radius 1 is 1.35 bits per heavy atom. The second-order valence-electron chi connectivity index (χ2n) is 5.90. The summed E-state index contributed by atoms with van der Waals surface area (Å²) in [5, 5.41) is 10.5. The van der Waals surface area contributed by atoms with Crippen LogP contribution in [0.25, 0.3) is 5.69 Å². The summed E-state index contributed by atoms with van der Waals surface area (Å²) in [6.07, 6.45) is 2.19. The van der Waals surface area contributed by atoms with Crippen LogP contribution in [0.5, 0.6) is 11.6 Å². The Morgan fingerprint density at radius 3 is 2.74 bits per heavy atom. The van der Waals surface area contributed by atoms with Crippen molar-refractivity contribution < 1.29 is 14.2 Å². The Balaban J connectivity index is 2.19. The highest BCUT2D eigenvalue weighted by molar-refractivity contribution is 6.32. The lowest BCUT2D eigenvalue weighted by molar-refractivity contribution is 0.242. The summed E-state index contributed by atoms with van der Waals surface area (Å²) in [6.45, 7) is 4.17. The predicted molar refractivity (Wildman–Crippen MR) is 85.4 cm³/mol. The van der Waals surface area contributed by atoms with Crippen molar-refractivity contribution in [1.82, 2.24) is 9.13 Å². The van der Waals surface area contributed by atoms with Crippen molar-refractivity contribution >= 4 is 11.6 Å². The van der Waals surface area contributed by atoms with E-state index in [1.807, 2.05) is 13.8 Å². The summed E-state index contributed by atoms with van der Waals surface area (Å²) in [6, 6.07) is 2.45. The van der Waals surface area contributed by atoms with Gasteiger partial charge >= 0.3 is 5.69 Å². The van der Waals surface area contributed by atoms with Gasteiger partial charge in [0, 0.05) is 12.6 Å². The van der Waals surface area contributed by atoms with E-state index in [2.05, 4.69) is 0 Å². The minimum absolute atomic E-state index is 0.0607. The maximum atomic E-state index is 14.4. The molecule has 2 aromatic rings. The first kappa shape index (κ1) is 15.9. The van der Waals surface area contributed by atoms with Crippen LogP contribution in [-0.4, -0.2) is 20.3 Å². The van der Waals surface area contributed by atoms with Gasteiger partial charge in [0.25, 0.3) is 0 Å². The Kier molecular flexibility index (Phi) is 4.10. The molecule has 0 saturated carbocycles. The van der Waals surface area contributed by atoms with Gasteiger partial charge in [-0.25, -0.2) is 13.8 Å². The lowest BCUT2D eigenvalue weighted by Crippen LogP contribution is -2.26. The summed E-state index contributed by atoms with van der Waals surface area (Å²) < 4.78 is 22.4. The normalized spacial score (nSPS) is 14.1. The molecule has 1 aromatic heterocycles. The summed E-state index contributed by atoms with van der Waals surface area (Å²) in [5.41, 5.74) is 0.0327. The molecule has 1 aliphatic rings. The van der Waals surface area contributed by atoms with Gasteiger partial charge in [-0.05, 0) is 39.2 Å². The Hall–Kier alpha value is -1.95. The van der Waals surface area contributed by atoms with E-state index in [9.17, 15) is 14.3 Å². The van der Waals surface area contributed by atoms with Crippen molar-refractivity contribution in [3.63, 3.8) is 0 Å². The summed E-state index contributed by atoms with van der Waals surface area (Å²) in [4.78, 5) is 12.5. The van der Waals surface area contributed by atoms with Gasteiger partial charge < -0.3 is 9.84 Å². The monoisotopic (exact) mass is 340 g/mol. The minimum Gasteiger partial charge on any atom is -0.493 e.